The van der Waals surface area contributed by atoms with E-state index >= 15 is 0 Å². The summed E-state index contributed by atoms with van der Waals surface area (Å²) in [7, 11) is -3.89. The van der Waals surface area contributed by atoms with Crippen LogP contribution in [0.2, 0.25) is 0 Å². The number of nitrogens with zero attached hydrogens (tertiary/aromatic N) is 2. The highest BCUT2D eigenvalue weighted by atomic mass is 79.9. The lowest BCUT2D eigenvalue weighted by molar-refractivity contribution is -0.126. The number of hydrogen-bond acceptors (Lipinski definition) is 7. The van der Waals surface area contributed by atoms with E-state index in [0.29, 0.717) is 48.9 Å². The smallest absolute Gasteiger partial charge is 0.244 e. The van der Waals surface area contributed by atoms with Crippen LogP contribution in [0.4, 0.5) is 5.82 Å². The van der Waals surface area contributed by atoms with E-state index in [1.807, 2.05) is 0 Å². The molecule has 2 aliphatic rings. The first-order valence-corrected chi connectivity index (χ1v) is 14.0. The van der Waals surface area contributed by atoms with E-state index < -0.39 is 15.4 Å². The van der Waals surface area contributed by atoms with Gasteiger partial charge in [0.25, 0.3) is 0 Å². The van der Waals surface area contributed by atoms with Gasteiger partial charge in [0.2, 0.25) is 15.9 Å². The van der Waals surface area contributed by atoms with Crippen LogP contribution in [0.1, 0.15) is 40.0 Å². The molecule has 0 aliphatic carbocycles. The van der Waals surface area contributed by atoms with Crippen molar-refractivity contribution < 1.29 is 17.9 Å². The highest BCUT2D eigenvalue weighted by Crippen LogP contribution is 2.28. The maximum absolute atomic E-state index is 13.2. The Morgan fingerprint density at radius 2 is 2.00 bits per heavy atom. The summed E-state index contributed by atoms with van der Waals surface area (Å²) in [6.07, 6.45) is 4.27. The molecule has 1 aromatic rings. The molecule has 0 saturated carbocycles. The molecule has 3 rings (SSSR count). The predicted octanol–water partition coefficient (Wildman–Crippen LogP) is 2.20. The number of morpholine rings is 1. The van der Waals surface area contributed by atoms with Gasteiger partial charge in [0, 0.05) is 49.4 Å². The van der Waals surface area contributed by atoms with Crippen LogP contribution >= 0.6 is 15.9 Å². The largest absolute Gasteiger partial charge is 0.379 e. The fourth-order valence-corrected chi connectivity index (χ4v) is 6.38. The number of nitrogens with one attached hydrogen (secondary N) is 3. The SMILES string of the molecule is CCC(CC)C(CNc1ncc(Br)cc1S(=O)(=O)NCC1(C)CCNC1=O)N1CCOCC1. The minimum atomic E-state index is -3.89. The molecule has 3 N–H and O–H groups in total. The van der Waals surface area contributed by atoms with Crippen molar-refractivity contribution in [1.82, 2.24) is 19.9 Å². The Bertz CT molecular complexity index is 921. The van der Waals surface area contributed by atoms with E-state index in [2.05, 4.69) is 55.0 Å². The summed E-state index contributed by atoms with van der Waals surface area (Å²) < 4.78 is 35.2. The fourth-order valence-electron chi connectivity index (χ4n) is 4.57. The van der Waals surface area contributed by atoms with Gasteiger partial charge in [-0.3, -0.25) is 9.69 Å². The maximum Gasteiger partial charge on any atom is 0.244 e. The minimum absolute atomic E-state index is 0.0390. The van der Waals surface area contributed by atoms with Crippen LogP contribution in [-0.2, 0) is 19.6 Å². The molecule has 9 nitrogen and oxygen atoms in total. The number of rotatable bonds is 11. The third kappa shape index (κ3) is 6.45. The lowest BCUT2D eigenvalue weighted by Gasteiger charge is -2.39. The lowest BCUT2D eigenvalue weighted by Crippen LogP contribution is -2.50. The summed E-state index contributed by atoms with van der Waals surface area (Å²) in [5.74, 6) is 0.662. The summed E-state index contributed by atoms with van der Waals surface area (Å²) in [5.41, 5.74) is -0.753. The standard InChI is InChI=1S/C22H36BrN5O4S/c1-4-16(5-2)18(28-8-10-32-11-9-28)14-26-20-19(12-17(23)13-25-20)33(30,31)27-15-22(3)6-7-24-21(22)29/h12-13,16,18,27H,4-11,14-15H2,1-3H3,(H,24,29)(H,25,26). The molecule has 1 aromatic heterocycles. The van der Waals surface area contributed by atoms with Crippen molar-refractivity contribution in [3.63, 3.8) is 0 Å². The third-order valence-corrected chi connectivity index (χ3v) is 8.71. The number of aromatic nitrogens is 1. The van der Waals surface area contributed by atoms with E-state index in [4.69, 9.17) is 4.74 Å². The topological polar surface area (TPSA) is 113 Å². The Kier molecular flexibility index (Phi) is 9.13. The Labute approximate surface area is 205 Å². The van der Waals surface area contributed by atoms with Crippen molar-refractivity contribution >= 4 is 37.7 Å². The van der Waals surface area contributed by atoms with Gasteiger partial charge in [-0.05, 0) is 41.3 Å². The first-order valence-electron chi connectivity index (χ1n) is 11.7. The van der Waals surface area contributed by atoms with Gasteiger partial charge in [-0.2, -0.15) is 0 Å². The van der Waals surface area contributed by atoms with Crippen molar-refractivity contribution in [2.75, 3.05) is 51.3 Å². The molecule has 0 spiro atoms. The average molecular weight is 547 g/mol. The van der Waals surface area contributed by atoms with Crippen molar-refractivity contribution in [3.05, 3.63) is 16.7 Å². The average Bonchev–Trinajstić information content (AvgIpc) is 3.15. The van der Waals surface area contributed by atoms with E-state index in [0.717, 1.165) is 25.9 Å². The van der Waals surface area contributed by atoms with E-state index in [9.17, 15) is 13.2 Å². The predicted molar refractivity (Wildman–Crippen MR) is 132 cm³/mol. The maximum atomic E-state index is 13.2. The number of anilines is 1. The Hall–Kier alpha value is -1.27. The van der Waals surface area contributed by atoms with Crippen molar-refractivity contribution in [3.8, 4) is 0 Å². The quantitative estimate of drug-likeness (QED) is 0.390. The molecule has 33 heavy (non-hydrogen) atoms. The van der Waals surface area contributed by atoms with Crippen LogP contribution < -0.4 is 15.4 Å². The molecular formula is C22H36BrN5O4S. The molecule has 2 fully saturated rings. The summed E-state index contributed by atoms with van der Waals surface area (Å²) >= 11 is 3.35. The molecule has 0 aromatic carbocycles. The number of carbonyl (C=O) groups excluding carboxylic acids is 1. The van der Waals surface area contributed by atoms with Gasteiger partial charge < -0.3 is 15.4 Å². The van der Waals surface area contributed by atoms with Gasteiger partial charge in [-0.15, -0.1) is 0 Å². The molecule has 0 radical (unpaired) electrons. The number of amides is 1. The number of carbonyl (C=O) groups is 1. The number of hydrogen-bond donors (Lipinski definition) is 3. The molecule has 2 atom stereocenters. The van der Waals surface area contributed by atoms with Crippen LogP contribution in [0.25, 0.3) is 0 Å². The number of sulfonamides is 1. The molecule has 2 unspecified atom stereocenters. The Morgan fingerprint density at radius 1 is 1.30 bits per heavy atom. The van der Waals surface area contributed by atoms with Gasteiger partial charge in [0.15, 0.2) is 0 Å². The van der Waals surface area contributed by atoms with Gasteiger partial charge in [0.05, 0.1) is 18.6 Å². The van der Waals surface area contributed by atoms with Gasteiger partial charge in [-0.1, -0.05) is 26.7 Å². The van der Waals surface area contributed by atoms with Gasteiger partial charge in [-0.25, -0.2) is 18.1 Å². The summed E-state index contributed by atoms with van der Waals surface area (Å²) in [6.45, 7) is 10.5. The summed E-state index contributed by atoms with van der Waals surface area (Å²) in [5, 5.41) is 6.10. The molecule has 2 saturated heterocycles. The number of pyridine rings is 1. The zero-order valence-corrected chi connectivity index (χ0v) is 22.1. The second kappa shape index (κ2) is 11.4. The first kappa shape index (κ1) is 26.3. The zero-order valence-electron chi connectivity index (χ0n) is 19.7. The normalized spacial score (nSPS) is 23.0. The van der Waals surface area contributed by atoms with E-state index in [-0.39, 0.29) is 23.4 Å². The second-order valence-corrected chi connectivity index (χ2v) is 11.7. The minimum Gasteiger partial charge on any atom is -0.379 e. The molecule has 3 heterocycles. The van der Waals surface area contributed by atoms with Crippen molar-refractivity contribution in [1.29, 1.82) is 0 Å². The number of ether oxygens (including phenoxy) is 1. The Morgan fingerprint density at radius 3 is 2.61 bits per heavy atom. The first-order chi connectivity index (χ1) is 15.7. The van der Waals surface area contributed by atoms with E-state index in [1.165, 1.54) is 0 Å². The zero-order chi connectivity index (χ0) is 24.1. The highest BCUT2D eigenvalue weighted by Gasteiger charge is 2.39. The molecule has 186 valence electrons. The third-order valence-electron chi connectivity index (χ3n) is 6.86. The van der Waals surface area contributed by atoms with Gasteiger partial charge >= 0.3 is 0 Å². The summed E-state index contributed by atoms with van der Waals surface area (Å²) in [6, 6.07) is 1.80. The molecule has 11 heteroatoms. The molecular weight excluding hydrogens is 510 g/mol. The van der Waals surface area contributed by atoms with Crippen LogP contribution in [0.3, 0.4) is 0 Å². The molecule has 2 aliphatic heterocycles. The Balaban J connectivity index is 1.78. The second-order valence-electron chi connectivity index (χ2n) is 9.06. The monoisotopic (exact) mass is 545 g/mol. The lowest BCUT2D eigenvalue weighted by atomic mass is 9.89. The van der Waals surface area contributed by atoms with Crippen LogP contribution in [0.15, 0.2) is 21.6 Å². The summed E-state index contributed by atoms with van der Waals surface area (Å²) in [4.78, 5) is 19.0. The number of halogens is 1. The molecule has 1 amide bonds. The van der Waals surface area contributed by atoms with Crippen LogP contribution in [0.5, 0.6) is 0 Å². The van der Waals surface area contributed by atoms with Crippen molar-refractivity contribution in [2.45, 2.75) is 51.0 Å². The fraction of sp³-hybridized carbons (Fsp3) is 0.727. The van der Waals surface area contributed by atoms with Gasteiger partial charge in [0.1, 0.15) is 10.7 Å². The highest BCUT2D eigenvalue weighted by molar-refractivity contribution is 9.10. The van der Waals surface area contributed by atoms with E-state index in [1.54, 1.807) is 19.2 Å². The van der Waals surface area contributed by atoms with Crippen LogP contribution in [-0.4, -0.2) is 76.2 Å². The molecule has 0 bridgehead atoms. The van der Waals surface area contributed by atoms with Crippen LogP contribution in [0, 0.1) is 11.3 Å². The van der Waals surface area contributed by atoms with Crippen molar-refractivity contribution in [2.24, 2.45) is 11.3 Å².